The summed E-state index contributed by atoms with van der Waals surface area (Å²) in [5.41, 5.74) is 1.53. The molecule has 1 N–H and O–H groups in total. The van der Waals surface area contributed by atoms with Crippen LogP contribution in [0.5, 0.6) is 0 Å². The van der Waals surface area contributed by atoms with E-state index in [1.807, 2.05) is 31.2 Å². The fourth-order valence-electron chi connectivity index (χ4n) is 3.46. The minimum atomic E-state index is -0.364. The molecule has 0 saturated carbocycles. The van der Waals surface area contributed by atoms with Crippen molar-refractivity contribution in [2.75, 3.05) is 26.2 Å². The molecule has 2 aromatic rings. The van der Waals surface area contributed by atoms with Crippen molar-refractivity contribution < 1.29 is 14.0 Å². The third-order valence-electron chi connectivity index (χ3n) is 5.14. The molecule has 0 aromatic heterocycles. The van der Waals surface area contributed by atoms with Crippen molar-refractivity contribution in [3.63, 3.8) is 0 Å². The molecule has 0 radical (unpaired) electrons. The number of amides is 3. The molecule has 0 bridgehead atoms. The first-order valence-corrected chi connectivity index (χ1v) is 10.6. The summed E-state index contributed by atoms with van der Waals surface area (Å²) in [5, 5.41) is 3.11. The molecule has 2 aromatic carbocycles. The summed E-state index contributed by atoms with van der Waals surface area (Å²) < 4.78 is 14.1. The van der Waals surface area contributed by atoms with Crippen molar-refractivity contribution in [2.45, 2.75) is 25.8 Å². The van der Waals surface area contributed by atoms with Gasteiger partial charge in [-0.3, -0.25) is 4.79 Å². The summed E-state index contributed by atoms with van der Waals surface area (Å²) in [5.74, 6) is -0.495. The summed E-state index contributed by atoms with van der Waals surface area (Å²) in [7, 11) is 0. The first kappa shape index (κ1) is 21.3. The number of hydrogen-bond acceptors (Lipinski definition) is 2. The highest BCUT2D eigenvalue weighted by atomic mass is 79.9. The molecule has 0 aliphatic carbocycles. The first-order valence-electron chi connectivity index (χ1n) is 9.83. The molecule has 3 amide bonds. The van der Waals surface area contributed by atoms with Crippen molar-refractivity contribution >= 4 is 27.9 Å². The first-order chi connectivity index (χ1) is 14.0. The van der Waals surface area contributed by atoms with Gasteiger partial charge in [-0.05, 0) is 54.8 Å². The van der Waals surface area contributed by atoms with Gasteiger partial charge in [-0.25, -0.2) is 9.18 Å². The van der Waals surface area contributed by atoms with Crippen LogP contribution < -0.4 is 5.32 Å². The Kier molecular flexibility index (Phi) is 7.25. The van der Waals surface area contributed by atoms with Gasteiger partial charge in [0, 0.05) is 36.2 Å². The predicted octanol–water partition coefficient (Wildman–Crippen LogP) is 4.60. The van der Waals surface area contributed by atoms with Gasteiger partial charge in [0.1, 0.15) is 5.82 Å². The van der Waals surface area contributed by atoms with Crippen LogP contribution in [-0.4, -0.2) is 47.9 Å². The Morgan fingerprint density at radius 3 is 2.28 bits per heavy atom. The molecule has 3 rings (SSSR count). The second-order valence-corrected chi connectivity index (χ2v) is 8.02. The molecule has 0 spiro atoms. The average Bonchev–Trinajstić information content (AvgIpc) is 2.99. The van der Waals surface area contributed by atoms with E-state index in [-0.39, 0.29) is 23.8 Å². The standard InChI is InChI=1S/C22H25BrFN3O2/c1-2-20(16-4-8-18(23)9-5-16)25-22(29)27-13-3-12-26(14-15-27)21(28)17-6-10-19(24)11-7-17/h4-11,20H,2-3,12-15H2,1H3,(H,25,29). The van der Waals surface area contributed by atoms with Gasteiger partial charge < -0.3 is 15.1 Å². The molecule has 1 aliphatic rings. The maximum absolute atomic E-state index is 13.1. The Morgan fingerprint density at radius 2 is 1.62 bits per heavy atom. The zero-order valence-corrected chi connectivity index (χ0v) is 18.0. The van der Waals surface area contributed by atoms with Gasteiger partial charge in [-0.15, -0.1) is 0 Å². The lowest BCUT2D eigenvalue weighted by Crippen LogP contribution is -2.43. The highest BCUT2D eigenvalue weighted by molar-refractivity contribution is 9.10. The summed E-state index contributed by atoms with van der Waals surface area (Å²) in [4.78, 5) is 29.0. The van der Waals surface area contributed by atoms with Crippen molar-refractivity contribution in [1.29, 1.82) is 0 Å². The van der Waals surface area contributed by atoms with E-state index in [0.29, 0.717) is 38.2 Å². The average molecular weight is 462 g/mol. The minimum absolute atomic E-state index is 0.0594. The van der Waals surface area contributed by atoms with Gasteiger partial charge >= 0.3 is 6.03 Å². The molecular weight excluding hydrogens is 437 g/mol. The summed E-state index contributed by atoms with van der Waals surface area (Å²) in [6, 6.07) is 13.3. The smallest absolute Gasteiger partial charge is 0.317 e. The van der Waals surface area contributed by atoms with Crippen LogP contribution in [0.15, 0.2) is 53.0 Å². The number of carbonyl (C=O) groups excluding carboxylic acids is 2. The summed E-state index contributed by atoms with van der Waals surface area (Å²) >= 11 is 3.43. The van der Waals surface area contributed by atoms with E-state index >= 15 is 0 Å². The molecular formula is C22H25BrFN3O2. The van der Waals surface area contributed by atoms with Crippen LogP contribution in [-0.2, 0) is 0 Å². The minimum Gasteiger partial charge on any atom is -0.337 e. The number of nitrogens with zero attached hydrogens (tertiary/aromatic N) is 2. The van der Waals surface area contributed by atoms with Crippen LogP contribution in [0.1, 0.15) is 41.7 Å². The normalized spacial score (nSPS) is 15.6. The largest absolute Gasteiger partial charge is 0.337 e. The zero-order chi connectivity index (χ0) is 20.8. The topological polar surface area (TPSA) is 52.7 Å². The maximum Gasteiger partial charge on any atom is 0.317 e. The Morgan fingerprint density at radius 1 is 1.00 bits per heavy atom. The Labute approximate surface area is 179 Å². The van der Waals surface area contributed by atoms with Gasteiger partial charge in [-0.1, -0.05) is 35.0 Å². The highest BCUT2D eigenvalue weighted by Crippen LogP contribution is 2.20. The van der Waals surface area contributed by atoms with Crippen molar-refractivity contribution in [2.24, 2.45) is 0 Å². The van der Waals surface area contributed by atoms with E-state index in [9.17, 15) is 14.0 Å². The van der Waals surface area contributed by atoms with Crippen LogP contribution in [0.3, 0.4) is 0 Å². The van der Waals surface area contributed by atoms with Crippen LogP contribution in [0, 0.1) is 5.82 Å². The monoisotopic (exact) mass is 461 g/mol. The number of rotatable bonds is 4. The van der Waals surface area contributed by atoms with E-state index in [1.165, 1.54) is 24.3 Å². The van der Waals surface area contributed by atoms with Crippen LogP contribution in [0.2, 0.25) is 0 Å². The molecule has 1 fully saturated rings. The lowest BCUT2D eigenvalue weighted by atomic mass is 10.1. The van der Waals surface area contributed by atoms with Gasteiger partial charge in [0.05, 0.1) is 6.04 Å². The second-order valence-electron chi connectivity index (χ2n) is 7.10. The molecule has 1 heterocycles. The Balaban J connectivity index is 1.59. The quantitative estimate of drug-likeness (QED) is 0.723. The molecule has 1 saturated heterocycles. The lowest BCUT2D eigenvalue weighted by molar-refractivity contribution is 0.0762. The fourth-order valence-corrected chi connectivity index (χ4v) is 3.72. The summed E-state index contributed by atoms with van der Waals surface area (Å²) in [6.07, 6.45) is 1.49. The zero-order valence-electron chi connectivity index (χ0n) is 16.4. The number of benzene rings is 2. The van der Waals surface area contributed by atoms with Gasteiger partial charge in [0.15, 0.2) is 0 Å². The number of urea groups is 1. The molecule has 1 atom stereocenters. The highest BCUT2D eigenvalue weighted by Gasteiger charge is 2.24. The van der Waals surface area contributed by atoms with Gasteiger partial charge in [0.25, 0.3) is 5.91 Å². The van der Waals surface area contributed by atoms with E-state index in [1.54, 1.807) is 9.80 Å². The summed E-state index contributed by atoms with van der Waals surface area (Å²) in [6.45, 7) is 4.13. The predicted molar refractivity (Wildman–Crippen MR) is 114 cm³/mol. The number of nitrogens with one attached hydrogen (secondary N) is 1. The van der Waals surface area contributed by atoms with E-state index in [0.717, 1.165) is 16.5 Å². The molecule has 1 unspecified atom stereocenters. The third kappa shape index (κ3) is 5.56. The molecule has 1 aliphatic heterocycles. The van der Waals surface area contributed by atoms with Crippen molar-refractivity contribution in [3.8, 4) is 0 Å². The van der Waals surface area contributed by atoms with Gasteiger partial charge in [0.2, 0.25) is 0 Å². The van der Waals surface area contributed by atoms with E-state index in [2.05, 4.69) is 21.2 Å². The third-order valence-corrected chi connectivity index (χ3v) is 5.67. The number of halogens is 2. The number of hydrogen-bond donors (Lipinski definition) is 1. The lowest BCUT2D eigenvalue weighted by Gasteiger charge is -2.25. The number of carbonyl (C=O) groups is 2. The van der Waals surface area contributed by atoms with Gasteiger partial charge in [-0.2, -0.15) is 0 Å². The van der Waals surface area contributed by atoms with Crippen molar-refractivity contribution in [1.82, 2.24) is 15.1 Å². The maximum atomic E-state index is 13.1. The molecule has 29 heavy (non-hydrogen) atoms. The van der Waals surface area contributed by atoms with E-state index < -0.39 is 0 Å². The van der Waals surface area contributed by atoms with E-state index in [4.69, 9.17) is 0 Å². The van der Waals surface area contributed by atoms with Crippen molar-refractivity contribution in [3.05, 3.63) is 69.9 Å². The fraction of sp³-hybridized carbons (Fsp3) is 0.364. The van der Waals surface area contributed by atoms with Crippen LogP contribution in [0.4, 0.5) is 9.18 Å². The molecule has 5 nitrogen and oxygen atoms in total. The molecule has 7 heteroatoms. The van der Waals surface area contributed by atoms with Crippen LogP contribution in [0.25, 0.3) is 0 Å². The Hall–Kier alpha value is -2.41. The molecule has 154 valence electrons. The Bertz CT molecular complexity index is 842. The second kappa shape index (κ2) is 9.87. The van der Waals surface area contributed by atoms with Crippen LogP contribution >= 0.6 is 15.9 Å². The SMILES string of the molecule is CCC(NC(=O)N1CCCN(C(=O)c2ccc(F)cc2)CC1)c1ccc(Br)cc1.